The quantitative estimate of drug-likeness (QED) is 0.807. The van der Waals surface area contributed by atoms with Gasteiger partial charge in [-0.2, -0.15) is 0 Å². The van der Waals surface area contributed by atoms with Crippen LogP contribution in [0.3, 0.4) is 0 Å². The van der Waals surface area contributed by atoms with E-state index in [0.29, 0.717) is 0 Å². The molecule has 0 saturated heterocycles. The van der Waals surface area contributed by atoms with Crippen LogP contribution in [0, 0.1) is 11.8 Å². The molecule has 0 aromatic rings. The van der Waals surface area contributed by atoms with E-state index in [-0.39, 0.29) is 0 Å². The molecule has 0 bridgehead atoms. The lowest BCUT2D eigenvalue weighted by Gasteiger charge is -2.48. The van der Waals surface area contributed by atoms with Gasteiger partial charge in [-0.25, -0.2) is 0 Å². The largest absolute Gasteiger partial charge is 0.314 e. The first-order valence-corrected chi connectivity index (χ1v) is 8.19. The molecule has 0 spiro atoms. The third kappa shape index (κ3) is 2.91. The van der Waals surface area contributed by atoms with Gasteiger partial charge in [0.25, 0.3) is 0 Å². The molecule has 0 heterocycles. The number of hydrogen-bond acceptors (Lipinski definition) is 2. The zero-order valence-corrected chi connectivity index (χ0v) is 12.2. The zero-order chi connectivity index (χ0) is 12.5. The van der Waals surface area contributed by atoms with Crippen molar-refractivity contribution < 1.29 is 0 Å². The first-order chi connectivity index (χ1) is 8.74. The highest BCUT2D eigenvalue weighted by Gasteiger charge is 2.38. The van der Waals surface area contributed by atoms with Crippen LogP contribution >= 0.6 is 0 Å². The SMILES string of the molecule is CC1CCCC(N(C)C2CCC2CNC2CC2)C1. The molecule has 0 aliphatic heterocycles. The van der Waals surface area contributed by atoms with Crippen molar-refractivity contribution in [2.24, 2.45) is 11.8 Å². The molecular weight excluding hydrogens is 220 g/mol. The molecular formula is C16H30N2. The molecule has 18 heavy (non-hydrogen) atoms. The standard InChI is InChI=1S/C16H30N2/c1-12-4-3-5-15(10-12)18(2)16-9-6-13(16)11-17-14-7-8-14/h12-17H,3-11H2,1-2H3. The monoisotopic (exact) mass is 250 g/mol. The molecule has 0 aromatic carbocycles. The lowest BCUT2D eigenvalue weighted by atomic mass is 9.76. The molecule has 104 valence electrons. The molecule has 4 unspecified atom stereocenters. The molecule has 4 atom stereocenters. The van der Waals surface area contributed by atoms with E-state index in [9.17, 15) is 0 Å². The molecule has 1 N–H and O–H groups in total. The predicted molar refractivity (Wildman–Crippen MR) is 76.7 cm³/mol. The molecule has 2 heteroatoms. The lowest BCUT2D eigenvalue weighted by molar-refractivity contribution is 0.0286. The Hall–Kier alpha value is -0.0800. The van der Waals surface area contributed by atoms with E-state index in [2.05, 4.69) is 24.2 Å². The van der Waals surface area contributed by atoms with Crippen LogP contribution in [0.5, 0.6) is 0 Å². The molecule has 3 fully saturated rings. The third-order valence-electron chi connectivity index (χ3n) is 5.63. The van der Waals surface area contributed by atoms with Crippen molar-refractivity contribution in [1.29, 1.82) is 0 Å². The molecule has 0 amide bonds. The van der Waals surface area contributed by atoms with Crippen LogP contribution in [0.25, 0.3) is 0 Å². The summed E-state index contributed by atoms with van der Waals surface area (Å²) in [6.07, 6.45) is 11.5. The fourth-order valence-corrected chi connectivity index (χ4v) is 3.97. The number of hydrogen-bond donors (Lipinski definition) is 1. The highest BCUT2D eigenvalue weighted by atomic mass is 15.2. The van der Waals surface area contributed by atoms with Crippen LogP contribution in [-0.4, -0.2) is 36.6 Å². The third-order valence-corrected chi connectivity index (χ3v) is 5.63. The number of nitrogens with one attached hydrogen (secondary N) is 1. The van der Waals surface area contributed by atoms with Gasteiger partial charge in [0.05, 0.1) is 0 Å². The maximum atomic E-state index is 3.73. The fraction of sp³-hybridized carbons (Fsp3) is 1.00. The highest BCUT2D eigenvalue weighted by Crippen LogP contribution is 2.36. The van der Waals surface area contributed by atoms with E-state index < -0.39 is 0 Å². The Morgan fingerprint density at radius 3 is 2.50 bits per heavy atom. The second-order valence-electron chi connectivity index (χ2n) is 7.18. The summed E-state index contributed by atoms with van der Waals surface area (Å²) in [6.45, 7) is 3.72. The van der Waals surface area contributed by atoms with E-state index >= 15 is 0 Å². The van der Waals surface area contributed by atoms with Crippen molar-refractivity contribution >= 4 is 0 Å². The Balaban J connectivity index is 1.46. The summed E-state index contributed by atoms with van der Waals surface area (Å²) < 4.78 is 0. The van der Waals surface area contributed by atoms with Gasteiger partial charge < -0.3 is 10.2 Å². The van der Waals surface area contributed by atoms with Gasteiger partial charge in [-0.15, -0.1) is 0 Å². The molecule has 3 rings (SSSR count). The minimum atomic E-state index is 0.877. The Labute approximate surface area is 113 Å². The van der Waals surface area contributed by atoms with Crippen molar-refractivity contribution in [2.45, 2.75) is 76.4 Å². The number of rotatable bonds is 5. The van der Waals surface area contributed by atoms with Crippen molar-refractivity contribution in [3.63, 3.8) is 0 Å². The van der Waals surface area contributed by atoms with Gasteiger partial charge in [-0.1, -0.05) is 19.8 Å². The van der Waals surface area contributed by atoms with Crippen LogP contribution in [0.4, 0.5) is 0 Å². The first kappa shape index (κ1) is 12.9. The predicted octanol–water partition coefficient (Wildman–Crippen LogP) is 3.03. The van der Waals surface area contributed by atoms with Crippen molar-refractivity contribution in [3.05, 3.63) is 0 Å². The van der Waals surface area contributed by atoms with Gasteiger partial charge in [0.2, 0.25) is 0 Å². The second kappa shape index (κ2) is 5.50. The smallest absolute Gasteiger partial charge is 0.0136 e. The Morgan fingerprint density at radius 1 is 1.06 bits per heavy atom. The van der Waals surface area contributed by atoms with Crippen molar-refractivity contribution in [3.8, 4) is 0 Å². The van der Waals surface area contributed by atoms with Gasteiger partial charge in [-0.05, 0) is 64.0 Å². The molecule has 3 aliphatic carbocycles. The van der Waals surface area contributed by atoms with E-state index in [0.717, 1.165) is 30.0 Å². The summed E-state index contributed by atoms with van der Waals surface area (Å²) in [5.41, 5.74) is 0. The summed E-state index contributed by atoms with van der Waals surface area (Å²) in [7, 11) is 2.40. The summed E-state index contributed by atoms with van der Waals surface area (Å²) >= 11 is 0. The summed E-state index contributed by atoms with van der Waals surface area (Å²) in [6, 6.07) is 2.64. The molecule has 2 nitrogen and oxygen atoms in total. The minimum absolute atomic E-state index is 0.877. The average molecular weight is 250 g/mol. The average Bonchev–Trinajstić information content (AvgIpc) is 3.12. The van der Waals surface area contributed by atoms with Crippen molar-refractivity contribution in [1.82, 2.24) is 10.2 Å². The Bertz CT molecular complexity index is 274. The van der Waals surface area contributed by atoms with Gasteiger partial charge in [0, 0.05) is 18.1 Å². The highest BCUT2D eigenvalue weighted by molar-refractivity contribution is 4.94. The van der Waals surface area contributed by atoms with E-state index in [1.807, 2.05) is 0 Å². The molecule has 3 saturated carbocycles. The maximum absolute atomic E-state index is 3.73. The Kier molecular flexibility index (Phi) is 3.95. The van der Waals surface area contributed by atoms with Crippen molar-refractivity contribution in [2.75, 3.05) is 13.6 Å². The van der Waals surface area contributed by atoms with Gasteiger partial charge >= 0.3 is 0 Å². The van der Waals surface area contributed by atoms with Crippen LogP contribution < -0.4 is 5.32 Å². The minimum Gasteiger partial charge on any atom is -0.314 e. The van der Waals surface area contributed by atoms with Crippen LogP contribution in [0.2, 0.25) is 0 Å². The van der Waals surface area contributed by atoms with Gasteiger partial charge in [0.15, 0.2) is 0 Å². The second-order valence-corrected chi connectivity index (χ2v) is 7.18. The van der Waals surface area contributed by atoms with E-state index in [4.69, 9.17) is 0 Å². The molecule has 3 aliphatic rings. The van der Waals surface area contributed by atoms with Gasteiger partial charge in [0.1, 0.15) is 0 Å². The fourth-order valence-electron chi connectivity index (χ4n) is 3.97. The summed E-state index contributed by atoms with van der Waals surface area (Å²) in [4.78, 5) is 2.75. The van der Waals surface area contributed by atoms with Gasteiger partial charge in [-0.3, -0.25) is 0 Å². The lowest BCUT2D eigenvalue weighted by Crippen LogP contribution is -2.53. The Morgan fingerprint density at radius 2 is 1.89 bits per heavy atom. The normalized spacial score (nSPS) is 40.8. The molecule has 0 aromatic heterocycles. The van der Waals surface area contributed by atoms with E-state index in [1.165, 1.54) is 57.9 Å². The summed E-state index contributed by atoms with van der Waals surface area (Å²) in [5, 5.41) is 3.73. The zero-order valence-electron chi connectivity index (χ0n) is 12.2. The summed E-state index contributed by atoms with van der Waals surface area (Å²) in [5.74, 6) is 1.89. The van der Waals surface area contributed by atoms with Crippen LogP contribution in [-0.2, 0) is 0 Å². The van der Waals surface area contributed by atoms with E-state index in [1.54, 1.807) is 0 Å². The van der Waals surface area contributed by atoms with Crippen LogP contribution in [0.1, 0.15) is 58.3 Å². The molecule has 0 radical (unpaired) electrons. The first-order valence-electron chi connectivity index (χ1n) is 8.19. The maximum Gasteiger partial charge on any atom is 0.0136 e. The van der Waals surface area contributed by atoms with Crippen LogP contribution in [0.15, 0.2) is 0 Å². The number of nitrogens with zero attached hydrogens (tertiary/aromatic N) is 1. The topological polar surface area (TPSA) is 15.3 Å².